The number of fused-ring (bicyclic) bond motifs is 9. The van der Waals surface area contributed by atoms with E-state index in [4.69, 9.17) is 5.48 Å². The normalized spacial score (nSPS) is 15.2. The zero-order chi connectivity index (χ0) is 53.8. The summed E-state index contributed by atoms with van der Waals surface area (Å²) in [5.41, 5.74) is 28.2. The van der Waals surface area contributed by atoms with Crippen LogP contribution in [0.2, 0.25) is 0 Å². The summed E-state index contributed by atoms with van der Waals surface area (Å²) in [4.78, 5) is 0. The highest BCUT2D eigenvalue weighted by Gasteiger charge is 2.39. The van der Waals surface area contributed by atoms with Crippen molar-refractivity contribution >= 4 is 0 Å². The van der Waals surface area contributed by atoms with Gasteiger partial charge in [-0.2, -0.15) is 9.13 Å². The maximum Gasteiger partial charge on any atom is 0.212 e. The SMILES string of the molecule is Cc1cc2c(cc1-c1cccc(C)[n+]1C)C(C)(C)c1ccccc1-2.[2H]c1c([2H])c(C)[n+](C)c(-c2cc3c(cc2C)-c2ccccc2C3(C)C)c1[2H].[2H]c1ccc[n+](C)c1-c1cc2c(cc1C)-c1ccccc1C2(C)C. The van der Waals surface area contributed by atoms with Crippen LogP contribution in [-0.4, -0.2) is 0 Å². The number of hydrogen-bond acceptors (Lipinski definition) is 0. The Morgan fingerprint density at radius 3 is 1.20 bits per heavy atom. The van der Waals surface area contributed by atoms with Crippen molar-refractivity contribution in [3.63, 3.8) is 0 Å². The molecule has 0 saturated carbocycles. The molecule has 0 saturated heterocycles. The van der Waals surface area contributed by atoms with E-state index < -0.39 is 0 Å². The smallest absolute Gasteiger partial charge is 0.201 e. The van der Waals surface area contributed by atoms with Crippen LogP contribution in [0.25, 0.3) is 67.2 Å². The summed E-state index contributed by atoms with van der Waals surface area (Å²) in [5.74, 6) is 0. The molecule has 71 heavy (non-hydrogen) atoms. The van der Waals surface area contributed by atoms with Crippen molar-refractivity contribution in [2.75, 3.05) is 0 Å². The Bertz CT molecular complexity index is 3790. The fraction of sp³-hybridized carbons (Fsp3) is 0.250. The minimum absolute atomic E-state index is 0.0100. The zero-order valence-electron chi connectivity index (χ0n) is 48.2. The third kappa shape index (κ3) is 7.77. The van der Waals surface area contributed by atoms with E-state index in [9.17, 15) is 0 Å². The van der Waals surface area contributed by atoms with Crippen molar-refractivity contribution in [2.45, 2.75) is 92.4 Å². The largest absolute Gasteiger partial charge is 0.212 e. The molecule has 12 rings (SSSR count). The van der Waals surface area contributed by atoms with Crippen LogP contribution in [0.3, 0.4) is 0 Å². The van der Waals surface area contributed by atoms with Crippen LogP contribution >= 0.6 is 0 Å². The molecule has 0 N–H and O–H groups in total. The molecule has 0 fully saturated rings. The molecular formula is C68H70N3+3. The number of hydrogen-bond donors (Lipinski definition) is 0. The molecule has 3 nitrogen and oxygen atoms in total. The first-order valence-electron chi connectivity index (χ1n) is 27.1. The van der Waals surface area contributed by atoms with Gasteiger partial charge in [-0.05, 0) is 141 Å². The molecule has 354 valence electrons. The second-order valence-electron chi connectivity index (χ2n) is 21.7. The second-order valence-corrected chi connectivity index (χ2v) is 21.7. The van der Waals surface area contributed by atoms with Crippen LogP contribution in [0.4, 0.5) is 0 Å². The third-order valence-electron chi connectivity index (χ3n) is 16.3. The van der Waals surface area contributed by atoms with Crippen LogP contribution in [0, 0.1) is 34.6 Å². The lowest BCUT2D eigenvalue weighted by Crippen LogP contribution is -2.34. The van der Waals surface area contributed by atoms with E-state index in [1.54, 1.807) is 0 Å². The molecule has 0 spiro atoms. The number of aromatic nitrogens is 3. The average Bonchev–Trinajstić information content (AvgIpc) is 3.84. The number of benzene rings is 6. The van der Waals surface area contributed by atoms with Crippen molar-refractivity contribution in [3.8, 4) is 67.2 Å². The Morgan fingerprint density at radius 2 is 0.746 bits per heavy atom. The maximum absolute atomic E-state index is 8.50. The van der Waals surface area contributed by atoms with E-state index in [-0.39, 0.29) is 34.4 Å². The predicted octanol–water partition coefficient (Wildman–Crippen LogP) is 15.0. The quantitative estimate of drug-likeness (QED) is 0.157. The molecule has 3 aromatic heterocycles. The second kappa shape index (κ2) is 17.6. The van der Waals surface area contributed by atoms with E-state index >= 15 is 0 Å². The molecule has 0 amide bonds. The van der Waals surface area contributed by atoms with Crippen molar-refractivity contribution in [3.05, 3.63) is 231 Å². The van der Waals surface area contributed by atoms with E-state index in [1.165, 1.54) is 94.8 Å². The molecule has 0 atom stereocenters. The first-order chi connectivity index (χ1) is 35.5. The molecule has 3 aliphatic rings. The van der Waals surface area contributed by atoms with Gasteiger partial charge < -0.3 is 0 Å². The Labute approximate surface area is 429 Å². The molecule has 3 heteroatoms. The average molecular weight is 933 g/mol. The first-order valence-corrected chi connectivity index (χ1v) is 25.1. The molecule has 3 heterocycles. The highest BCUT2D eigenvalue weighted by molar-refractivity contribution is 5.86. The van der Waals surface area contributed by atoms with E-state index in [0.717, 1.165) is 22.4 Å². The van der Waals surface area contributed by atoms with Gasteiger partial charge in [-0.1, -0.05) is 133 Å². The van der Waals surface area contributed by atoms with Gasteiger partial charge in [-0.3, -0.25) is 0 Å². The van der Waals surface area contributed by atoms with Gasteiger partial charge in [-0.15, -0.1) is 0 Å². The van der Waals surface area contributed by atoms with Crippen LogP contribution in [0.15, 0.2) is 170 Å². The lowest BCUT2D eigenvalue weighted by atomic mass is 9.81. The molecule has 9 aromatic rings. The van der Waals surface area contributed by atoms with Gasteiger partial charge in [0.05, 0.1) is 5.48 Å². The Morgan fingerprint density at radius 1 is 0.338 bits per heavy atom. The molecule has 0 aliphatic heterocycles. The van der Waals surface area contributed by atoms with Gasteiger partial charge in [0.15, 0.2) is 17.6 Å². The van der Waals surface area contributed by atoms with E-state index in [0.29, 0.717) is 17.4 Å². The van der Waals surface area contributed by atoms with Gasteiger partial charge >= 0.3 is 0 Å². The predicted molar refractivity (Wildman–Crippen MR) is 296 cm³/mol. The summed E-state index contributed by atoms with van der Waals surface area (Å²) in [6.45, 7) is 24.2. The Kier molecular flexibility index (Phi) is 10.5. The maximum atomic E-state index is 8.50. The number of rotatable bonds is 3. The number of aryl methyl sites for hydroxylation is 5. The van der Waals surface area contributed by atoms with Crippen molar-refractivity contribution < 1.29 is 19.2 Å². The van der Waals surface area contributed by atoms with Crippen molar-refractivity contribution in [1.29, 1.82) is 0 Å². The minimum atomic E-state index is -0.108. The lowest BCUT2D eigenvalue weighted by molar-refractivity contribution is -0.666. The van der Waals surface area contributed by atoms with Gasteiger partial charge in [0.1, 0.15) is 21.1 Å². The van der Waals surface area contributed by atoms with Gasteiger partial charge in [0.25, 0.3) is 0 Å². The van der Waals surface area contributed by atoms with Gasteiger partial charge in [0.2, 0.25) is 17.1 Å². The lowest BCUT2D eigenvalue weighted by Gasteiger charge is -2.22. The van der Waals surface area contributed by atoms with Crippen LogP contribution in [-0.2, 0) is 37.4 Å². The molecule has 0 unspecified atom stereocenters. The molecule has 0 bridgehead atoms. The number of nitrogens with zero attached hydrogens (tertiary/aromatic N) is 3. The van der Waals surface area contributed by atoms with E-state index in [2.05, 4.69) is 208 Å². The topological polar surface area (TPSA) is 11.6 Å². The zero-order valence-corrected chi connectivity index (χ0v) is 44.2. The highest BCUT2D eigenvalue weighted by atomic mass is 14.9. The monoisotopic (exact) mass is 933 g/mol. The molecular weight excluding hydrogens is 859 g/mol. The first kappa shape index (κ1) is 42.6. The Balaban J connectivity index is 0.000000129. The standard InChI is InChI=1S/2C23H24N.C22H22N/c2*1-15-13-19-17-10-6-7-11-20(17)23(3,4)21(19)14-18(15)22-12-8-9-16(2)24(22)5;1-15-13-18-16-9-5-6-10-19(16)22(2,3)20(18)14-17(15)21-11-7-8-12-23(21)4/h2*6-14H,1-5H3;5-14H,1-4H3/q3*+1/i8D,9D,12D;;11D. The summed E-state index contributed by atoms with van der Waals surface area (Å²) < 4.78 is 39.3. The summed E-state index contributed by atoms with van der Waals surface area (Å²) in [5, 5.41) is 0. The summed E-state index contributed by atoms with van der Waals surface area (Å²) in [7, 11) is 6.05. The van der Waals surface area contributed by atoms with Crippen LogP contribution < -0.4 is 13.7 Å². The van der Waals surface area contributed by atoms with Gasteiger partial charge in [-0.25, -0.2) is 4.57 Å². The Hall–Kier alpha value is -7.23. The molecule has 3 aliphatic carbocycles. The van der Waals surface area contributed by atoms with Crippen molar-refractivity contribution in [1.82, 2.24) is 0 Å². The van der Waals surface area contributed by atoms with Crippen LogP contribution in [0.5, 0.6) is 0 Å². The summed E-state index contributed by atoms with van der Waals surface area (Å²) in [6, 6.07) is 51.0. The van der Waals surface area contributed by atoms with Crippen molar-refractivity contribution in [2.24, 2.45) is 21.1 Å². The third-order valence-corrected chi connectivity index (χ3v) is 16.3. The fourth-order valence-electron chi connectivity index (χ4n) is 11.8. The fourth-order valence-corrected chi connectivity index (χ4v) is 11.8. The van der Waals surface area contributed by atoms with Crippen LogP contribution in [0.1, 0.15) is 108 Å². The summed E-state index contributed by atoms with van der Waals surface area (Å²) >= 11 is 0. The van der Waals surface area contributed by atoms with Gasteiger partial charge in [0, 0.05) is 83.1 Å². The summed E-state index contributed by atoms with van der Waals surface area (Å²) in [6.07, 6.45) is 2.01. The highest BCUT2D eigenvalue weighted by Crippen LogP contribution is 2.52. The van der Waals surface area contributed by atoms with E-state index in [1.807, 2.05) is 48.5 Å². The molecule has 0 radical (unpaired) electrons. The number of pyridine rings is 3. The molecule has 6 aromatic carbocycles. The minimum Gasteiger partial charge on any atom is -0.201 e.